The van der Waals surface area contributed by atoms with Crippen molar-refractivity contribution in [3.05, 3.63) is 64.7 Å². The zero-order valence-electron chi connectivity index (χ0n) is 11.2. The first kappa shape index (κ1) is 15.9. The second kappa shape index (κ2) is 7.51. The van der Waals surface area contributed by atoms with Gasteiger partial charge in [-0.15, -0.1) is 0 Å². The minimum absolute atomic E-state index is 0.279. The molecular formula is C15H11ClF2N2O2. The van der Waals surface area contributed by atoms with E-state index in [9.17, 15) is 13.6 Å². The third-order valence-electron chi connectivity index (χ3n) is 2.54. The van der Waals surface area contributed by atoms with Gasteiger partial charge in [0.25, 0.3) is 5.91 Å². The number of hydrazone groups is 1. The largest absolute Gasteiger partial charge is 0.482 e. The molecule has 7 heteroatoms. The second-order valence-corrected chi connectivity index (χ2v) is 4.59. The predicted octanol–water partition coefficient (Wildman–Crippen LogP) is 3.15. The Morgan fingerprint density at radius 3 is 2.73 bits per heavy atom. The molecule has 0 bridgehead atoms. The molecule has 0 aliphatic carbocycles. The van der Waals surface area contributed by atoms with Gasteiger partial charge in [0, 0.05) is 0 Å². The number of hydrogen-bond donors (Lipinski definition) is 1. The van der Waals surface area contributed by atoms with Gasteiger partial charge in [0.2, 0.25) is 0 Å². The van der Waals surface area contributed by atoms with Crippen molar-refractivity contribution in [2.45, 2.75) is 0 Å². The van der Waals surface area contributed by atoms with Crippen LogP contribution in [0.5, 0.6) is 5.75 Å². The molecule has 2 aromatic carbocycles. The average molecular weight is 325 g/mol. The molecule has 0 fully saturated rings. The maximum Gasteiger partial charge on any atom is 0.277 e. The predicted molar refractivity (Wildman–Crippen MR) is 79.0 cm³/mol. The molecule has 0 aromatic heterocycles. The van der Waals surface area contributed by atoms with Gasteiger partial charge in [0.1, 0.15) is 5.75 Å². The van der Waals surface area contributed by atoms with Crippen molar-refractivity contribution in [1.29, 1.82) is 0 Å². The summed E-state index contributed by atoms with van der Waals surface area (Å²) in [7, 11) is 0. The Bertz CT molecular complexity index is 708. The monoisotopic (exact) mass is 324 g/mol. The van der Waals surface area contributed by atoms with E-state index in [0.717, 1.165) is 12.1 Å². The molecule has 1 N–H and O–H groups in total. The van der Waals surface area contributed by atoms with Crippen molar-refractivity contribution in [1.82, 2.24) is 5.43 Å². The van der Waals surface area contributed by atoms with Crippen LogP contribution in [-0.4, -0.2) is 18.7 Å². The first-order chi connectivity index (χ1) is 10.6. The van der Waals surface area contributed by atoms with E-state index in [2.05, 4.69) is 10.5 Å². The quantitative estimate of drug-likeness (QED) is 0.678. The van der Waals surface area contributed by atoms with Crippen molar-refractivity contribution in [3.8, 4) is 5.75 Å². The molecule has 2 aromatic rings. The first-order valence-electron chi connectivity index (χ1n) is 6.20. The Hall–Kier alpha value is -2.47. The number of carbonyl (C=O) groups is 1. The van der Waals surface area contributed by atoms with E-state index in [1.807, 2.05) is 0 Å². The van der Waals surface area contributed by atoms with E-state index in [1.165, 1.54) is 12.3 Å². The summed E-state index contributed by atoms with van der Waals surface area (Å²) in [6.45, 7) is -0.279. The Morgan fingerprint density at radius 2 is 2.00 bits per heavy atom. The van der Waals surface area contributed by atoms with Gasteiger partial charge < -0.3 is 4.74 Å². The normalized spacial score (nSPS) is 10.7. The summed E-state index contributed by atoms with van der Waals surface area (Å²) in [6, 6.07) is 9.98. The summed E-state index contributed by atoms with van der Waals surface area (Å²) in [5.74, 6) is -2.07. The number of nitrogens with one attached hydrogen (secondary N) is 1. The molecule has 0 saturated carbocycles. The first-order valence-corrected chi connectivity index (χ1v) is 6.58. The minimum atomic E-state index is -0.989. The van der Waals surface area contributed by atoms with Crippen LogP contribution >= 0.6 is 11.6 Å². The fourth-order valence-electron chi connectivity index (χ4n) is 1.51. The molecule has 0 heterocycles. The van der Waals surface area contributed by atoms with Crippen LogP contribution in [0.1, 0.15) is 5.56 Å². The number of carbonyl (C=O) groups excluding carboxylic acids is 1. The maximum atomic E-state index is 13.0. The molecule has 0 aliphatic rings. The third-order valence-corrected chi connectivity index (χ3v) is 2.85. The fraction of sp³-hybridized carbons (Fsp3) is 0.0667. The standard InChI is InChI=1S/C15H11ClF2N2O2/c16-11-3-1-2-4-14(11)22-9-15(21)20-19-8-10-5-6-12(17)13(18)7-10/h1-8H,9H2,(H,20,21)/b19-8-. The number of nitrogens with zero attached hydrogens (tertiary/aromatic N) is 1. The number of hydrogen-bond acceptors (Lipinski definition) is 3. The van der Waals surface area contributed by atoms with E-state index < -0.39 is 17.5 Å². The van der Waals surface area contributed by atoms with Gasteiger partial charge in [-0.3, -0.25) is 4.79 Å². The van der Waals surface area contributed by atoms with Gasteiger partial charge in [0.15, 0.2) is 18.2 Å². The zero-order valence-corrected chi connectivity index (χ0v) is 12.0. The molecule has 22 heavy (non-hydrogen) atoms. The van der Waals surface area contributed by atoms with Crippen molar-refractivity contribution < 1.29 is 18.3 Å². The lowest BCUT2D eigenvalue weighted by Crippen LogP contribution is -2.24. The van der Waals surface area contributed by atoms with Crippen LogP contribution in [0.4, 0.5) is 8.78 Å². The van der Waals surface area contributed by atoms with E-state index in [0.29, 0.717) is 16.3 Å². The van der Waals surface area contributed by atoms with Gasteiger partial charge in [-0.1, -0.05) is 29.8 Å². The molecule has 0 saturated heterocycles. The summed E-state index contributed by atoms with van der Waals surface area (Å²) in [5, 5.41) is 4.01. The van der Waals surface area contributed by atoms with Crippen molar-refractivity contribution in [2.75, 3.05) is 6.61 Å². The highest BCUT2D eigenvalue weighted by atomic mass is 35.5. The van der Waals surface area contributed by atoms with Crippen LogP contribution in [0.25, 0.3) is 0 Å². The van der Waals surface area contributed by atoms with Crippen LogP contribution in [0, 0.1) is 11.6 Å². The fourth-order valence-corrected chi connectivity index (χ4v) is 1.70. The summed E-state index contributed by atoms with van der Waals surface area (Å²) in [5.41, 5.74) is 2.51. The topological polar surface area (TPSA) is 50.7 Å². The van der Waals surface area contributed by atoms with Gasteiger partial charge in [-0.25, -0.2) is 14.2 Å². The summed E-state index contributed by atoms with van der Waals surface area (Å²) >= 11 is 5.87. The van der Waals surface area contributed by atoms with Gasteiger partial charge in [0.05, 0.1) is 11.2 Å². The Morgan fingerprint density at radius 1 is 1.23 bits per heavy atom. The van der Waals surface area contributed by atoms with E-state index in [1.54, 1.807) is 24.3 Å². The van der Waals surface area contributed by atoms with E-state index in [4.69, 9.17) is 16.3 Å². The lowest BCUT2D eigenvalue weighted by molar-refractivity contribution is -0.123. The number of ether oxygens (including phenoxy) is 1. The Balaban J connectivity index is 1.83. The Kier molecular flexibility index (Phi) is 5.43. The summed E-state index contributed by atoms with van der Waals surface area (Å²) in [6.07, 6.45) is 1.19. The molecule has 2 rings (SSSR count). The lowest BCUT2D eigenvalue weighted by atomic mass is 10.2. The summed E-state index contributed by atoms with van der Waals surface area (Å²) < 4.78 is 30.9. The van der Waals surface area contributed by atoms with Gasteiger partial charge >= 0.3 is 0 Å². The van der Waals surface area contributed by atoms with Crippen molar-refractivity contribution >= 4 is 23.7 Å². The summed E-state index contributed by atoms with van der Waals surface area (Å²) in [4.78, 5) is 11.5. The van der Waals surface area contributed by atoms with Gasteiger partial charge in [-0.05, 0) is 29.8 Å². The lowest BCUT2D eigenvalue weighted by Gasteiger charge is -2.06. The molecule has 0 spiro atoms. The molecule has 1 amide bonds. The van der Waals surface area contributed by atoms with Crippen LogP contribution in [-0.2, 0) is 4.79 Å². The Labute approximate surface area is 130 Å². The maximum absolute atomic E-state index is 13.0. The average Bonchev–Trinajstić information content (AvgIpc) is 2.50. The van der Waals surface area contributed by atoms with Crippen LogP contribution < -0.4 is 10.2 Å². The second-order valence-electron chi connectivity index (χ2n) is 4.19. The van der Waals surface area contributed by atoms with Crippen LogP contribution in [0.15, 0.2) is 47.6 Å². The van der Waals surface area contributed by atoms with Crippen LogP contribution in [0.2, 0.25) is 5.02 Å². The third kappa shape index (κ3) is 4.53. The van der Waals surface area contributed by atoms with Crippen molar-refractivity contribution in [2.24, 2.45) is 5.10 Å². The molecule has 0 aliphatic heterocycles. The van der Waals surface area contributed by atoms with Crippen LogP contribution in [0.3, 0.4) is 0 Å². The minimum Gasteiger partial charge on any atom is -0.482 e. The van der Waals surface area contributed by atoms with Crippen molar-refractivity contribution in [3.63, 3.8) is 0 Å². The number of para-hydroxylation sites is 1. The number of halogens is 3. The number of amides is 1. The highest BCUT2D eigenvalue weighted by Crippen LogP contribution is 2.22. The molecular weight excluding hydrogens is 314 g/mol. The van der Waals surface area contributed by atoms with E-state index in [-0.39, 0.29) is 6.61 Å². The van der Waals surface area contributed by atoms with E-state index >= 15 is 0 Å². The van der Waals surface area contributed by atoms with Gasteiger partial charge in [-0.2, -0.15) is 5.10 Å². The smallest absolute Gasteiger partial charge is 0.277 e. The zero-order chi connectivity index (χ0) is 15.9. The molecule has 114 valence electrons. The number of rotatable bonds is 5. The SMILES string of the molecule is O=C(COc1ccccc1Cl)N/N=C\c1ccc(F)c(F)c1. The number of benzene rings is 2. The highest BCUT2D eigenvalue weighted by molar-refractivity contribution is 6.32. The highest BCUT2D eigenvalue weighted by Gasteiger charge is 2.04. The molecule has 4 nitrogen and oxygen atoms in total. The molecule has 0 unspecified atom stereocenters. The molecule has 0 atom stereocenters. The molecule has 0 radical (unpaired) electrons.